The topological polar surface area (TPSA) is 86.0 Å². The summed E-state index contributed by atoms with van der Waals surface area (Å²) in [5.74, 6) is 0.0977. The van der Waals surface area contributed by atoms with Crippen LogP contribution in [-0.4, -0.2) is 24.3 Å². The first-order valence-corrected chi connectivity index (χ1v) is 10.0. The summed E-state index contributed by atoms with van der Waals surface area (Å²) in [5.41, 5.74) is 0.602. The molecule has 0 bridgehead atoms. The van der Waals surface area contributed by atoms with Gasteiger partial charge in [-0.3, -0.25) is 9.59 Å². The van der Waals surface area contributed by atoms with E-state index >= 15 is 0 Å². The van der Waals surface area contributed by atoms with Crippen LogP contribution in [0.3, 0.4) is 0 Å². The second-order valence-electron chi connectivity index (χ2n) is 6.82. The highest BCUT2D eigenvalue weighted by Crippen LogP contribution is 2.41. The number of hydrogen-bond acceptors (Lipinski definition) is 5. The molecule has 3 aromatic rings. The molecule has 0 saturated heterocycles. The maximum Gasteiger partial charge on any atom is 0.306 e. The van der Waals surface area contributed by atoms with Crippen molar-refractivity contribution < 1.29 is 23.8 Å². The monoisotopic (exact) mass is 478 g/mol. The molecule has 8 heteroatoms. The second kappa shape index (κ2) is 7.72. The molecule has 1 saturated carbocycles. The molecule has 0 atom stereocenters. The van der Waals surface area contributed by atoms with Gasteiger partial charge in [-0.1, -0.05) is 17.7 Å². The fourth-order valence-electron chi connectivity index (χ4n) is 3.31. The number of carbonyl (C=O) groups is 1. The van der Waals surface area contributed by atoms with Crippen LogP contribution in [0, 0.1) is 5.92 Å². The molecule has 0 radical (unpaired) electrons. The van der Waals surface area contributed by atoms with Crippen LogP contribution in [0.25, 0.3) is 22.3 Å². The number of ether oxygens (including phenoxy) is 2. The minimum Gasteiger partial charge on any atom is -0.496 e. The smallest absolute Gasteiger partial charge is 0.306 e. The third-order valence-corrected chi connectivity index (χ3v) is 5.88. The Morgan fingerprint density at radius 1 is 1.24 bits per heavy atom. The average molecular weight is 480 g/mol. The Morgan fingerprint density at radius 3 is 2.69 bits per heavy atom. The van der Waals surface area contributed by atoms with E-state index in [0.717, 1.165) is 0 Å². The van der Waals surface area contributed by atoms with E-state index in [2.05, 4.69) is 15.9 Å². The molecule has 1 N–H and O–H groups in total. The molecular formula is C21H16BrClO6. The molecule has 0 aliphatic heterocycles. The predicted molar refractivity (Wildman–Crippen MR) is 112 cm³/mol. The van der Waals surface area contributed by atoms with Crippen molar-refractivity contribution in [3.05, 3.63) is 56.1 Å². The van der Waals surface area contributed by atoms with E-state index in [1.54, 1.807) is 30.3 Å². The normalized spacial score (nSPS) is 18.3. The van der Waals surface area contributed by atoms with Crippen LogP contribution in [0.15, 0.2) is 50.1 Å². The number of methoxy groups -OCH3 is 1. The molecule has 4 rings (SSSR count). The number of halogens is 2. The quantitative estimate of drug-likeness (QED) is 0.546. The van der Waals surface area contributed by atoms with Gasteiger partial charge in [-0.15, -0.1) is 0 Å². The van der Waals surface area contributed by atoms with Crippen molar-refractivity contribution in [2.24, 2.45) is 5.92 Å². The molecule has 0 amide bonds. The van der Waals surface area contributed by atoms with E-state index in [1.165, 1.54) is 13.2 Å². The molecule has 1 aliphatic carbocycles. The molecule has 0 unspecified atom stereocenters. The van der Waals surface area contributed by atoms with Gasteiger partial charge in [-0.25, -0.2) is 0 Å². The first-order valence-electron chi connectivity index (χ1n) is 8.87. The van der Waals surface area contributed by atoms with Crippen LogP contribution in [0.5, 0.6) is 11.5 Å². The van der Waals surface area contributed by atoms with Gasteiger partial charge in [0.2, 0.25) is 0 Å². The number of fused-ring (bicyclic) bond motifs is 1. The fourth-order valence-corrected chi connectivity index (χ4v) is 3.93. The Kier molecular flexibility index (Phi) is 5.27. The zero-order chi connectivity index (χ0) is 20.7. The molecule has 1 aromatic heterocycles. The maximum absolute atomic E-state index is 12.6. The van der Waals surface area contributed by atoms with Gasteiger partial charge in [0.15, 0.2) is 11.0 Å². The van der Waals surface area contributed by atoms with Crippen LogP contribution >= 0.6 is 27.5 Å². The van der Waals surface area contributed by atoms with Crippen molar-refractivity contribution in [1.29, 1.82) is 0 Å². The van der Waals surface area contributed by atoms with Crippen molar-refractivity contribution in [2.45, 2.75) is 18.9 Å². The van der Waals surface area contributed by atoms with E-state index in [-0.39, 0.29) is 17.5 Å². The zero-order valence-corrected chi connectivity index (χ0v) is 17.6. The highest BCUT2D eigenvalue weighted by Gasteiger charge is 2.36. The molecule has 6 nitrogen and oxygen atoms in total. The van der Waals surface area contributed by atoms with E-state index in [9.17, 15) is 9.59 Å². The molecule has 0 spiro atoms. The number of hydrogen-bond donors (Lipinski definition) is 1. The number of para-hydroxylation sites is 1. The van der Waals surface area contributed by atoms with Crippen LogP contribution in [0.2, 0.25) is 5.02 Å². The van der Waals surface area contributed by atoms with Gasteiger partial charge in [0.05, 0.1) is 33.5 Å². The number of rotatable bonds is 5. The number of carboxylic acids is 1. The summed E-state index contributed by atoms with van der Waals surface area (Å²) >= 11 is 9.66. The number of benzene rings is 2. The number of carboxylic acid groups (broad SMARTS) is 1. The van der Waals surface area contributed by atoms with Gasteiger partial charge in [0, 0.05) is 6.07 Å². The van der Waals surface area contributed by atoms with Gasteiger partial charge in [0.1, 0.15) is 23.4 Å². The lowest BCUT2D eigenvalue weighted by Crippen LogP contribution is -2.38. The third kappa shape index (κ3) is 3.72. The second-order valence-corrected chi connectivity index (χ2v) is 8.08. The van der Waals surface area contributed by atoms with Crippen LogP contribution in [0.4, 0.5) is 0 Å². The van der Waals surface area contributed by atoms with E-state index in [4.69, 9.17) is 30.6 Å². The molecular weight excluding hydrogens is 464 g/mol. The van der Waals surface area contributed by atoms with Crippen molar-refractivity contribution in [2.75, 3.05) is 7.11 Å². The highest BCUT2D eigenvalue weighted by molar-refractivity contribution is 9.10. The zero-order valence-electron chi connectivity index (χ0n) is 15.3. The lowest BCUT2D eigenvalue weighted by Gasteiger charge is -2.33. The van der Waals surface area contributed by atoms with Crippen molar-refractivity contribution in [3.63, 3.8) is 0 Å². The largest absolute Gasteiger partial charge is 0.496 e. The Labute approximate surface area is 179 Å². The van der Waals surface area contributed by atoms with Gasteiger partial charge in [-0.05, 0) is 53.0 Å². The Hall–Kier alpha value is -2.51. The lowest BCUT2D eigenvalue weighted by molar-refractivity contribution is -0.147. The first-order chi connectivity index (χ1) is 13.9. The Bertz CT molecular complexity index is 1170. The molecule has 29 heavy (non-hydrogen) atoms. The molecule has 1 aliphatic rings. The van der Waals surface area contributed by atoms with Crippen molar-refractivity contribution >= 4 is 44.5 Å². The Morgan fingerprint density at radius 2 is 2.00 bits per heavy atom. The third-order valence-electron chi connectivity index (χ3n) is 4.96. The standard InChI is InChI=1S/C21H16BrClO6/c1-27-17-8-14(22)19(28-11-5-10(6-11)21(25)26)7-13(17)18-9-16(24)12-3-2-4-15(23)20(12)29-18/h2-4,7-11H,5-6H2,1H3,(H,25,26). The van der Waals surface area contributed by atoms with Crippen LogP contribution in [0.1, 0.15) is 12.8 Å². The van der Waals surface area contributed by atoms with E-state index < -0.39 is 5.97 Å². The minimum absolute atomic E-state index is 0.188. The summed E-state index contributed by atoms with van der Waals surface area (Å²) in [6, 6.07) is 9.81. The first kappa shape index (κ1) is 19.8. The molecule has 1 heterocycles. The van der Waals surface area contributed by atoms with Crippen LogP contribution in [-0.2, 0) is 4.79 Å². The maximum atomic E-state index is 12.6. The van der Waals surface area contributed by atoms with Gasteiger partial charge in [0.25, 0.3) is 0 Å². The SMILES string of the molecule is COc1cc(Br)c(OC2CC(C(=O)O)C2)cc1-c1cc(=O)c2cccc(Cl)c2o1. The van der Waals surface area contributed by atoms with Crippen molar-refractivity contribution in [1.82, 2.24) is 0 Å². The highest BCUT2D eigenvalue weighted by atomic mass is 79.9. The van der Waals surface area contributed by atoms with E-state index in [0.29, 0.717) is 56.1 Å². The molecule has 2 aromatic carbocycles. The van der Waals surface area contributed by atoms with Crippen molar-refractivity contribution in [3.8, 4) is 22.8 Å². The summed E-state index contributed by atoms with van der Waals surface area (Å²) in [7, 11) is 1.52. The Balaban J connectivity index is 1.75. The minimum atomic E-state index is -0.811. The predicted octanol–water partition coefficient (Wildman–Crippen LogP) is 5.13. The summed E-state index contributed by atoms with van der Waals surface area (Å²) in [4.78, 5) is 23.6. The summed E-state index contributed by atoms with van der Waals surface area (Å²) in [6.45, 7) is 0. The summed E-state index contributed by atoms with van der Waals surface area (Å²) < 4.78 is 18.0. The average Bonchev–Trinajstić information content (AvgIpc) is 2.65. The van der Waals surface area contributed by atoms with E-state index in [1.807, 2.05) is 0 Å². The molecule has 1 fully saturated rings. The lowest BCUT2D eigenvalue weighted by atomic mass is 9.82. The fraction of sp³-hybridized carbons (Fsp3) is 0.238. The summed E-state index contributed by atoms with van der Waals surface area (Å²) in [6.07, 6.45) is 0.708. The van der Waals surface area contributed by atoms with Gasteiger partial charge >= 0.3 is 5.97 Å². The van der Waals surface area contributed by atoms with Gasteiger partial charge < -0.3 is 19.0 Å². The summed E-state index contributed by atoms with van der Waals surface area (Å²) in [5, 5.41) is 9.76. The molecule has 150 valence electrons. The van der Waals surface area contributed by atoms with Gasteiger partial charge in [-0.2, -0.15) is 0 Å². The van der Waals surface area contributed by atoms with Crippen LogP contribution < -0.4 is 14.9 Å². The number of aliphatic carboxylic acids is 1.